The normalized spacial score (nSPS) is 19.1. The second-order valence-electron chi connectivity index (χ2n) is 5.05. The van der Waals surface area contributed by atoms with Crippen molar-refractivity contribution in [2.75, 3.05) is 28.3 Å². The molecule has 1 atom stereocenters. The van der Waals surface area contributed by atoms with Crippen LogP contribution in [0, 0.1) is 0 Å². The third-order valence-electron chi connectivity index (χ3n) is 3.74. The quantitative estimate of drug-likeness (QED) is 0.844. The molecule has 0 aliphatic heterocycles. The number of benzene rings is 1. The maximum absolute atomic E-state index is 5.31. The predicted molar refractivity (Wildman–Crippen MR) is 70.4 cm³/mol. The molecule has 1 aromatic carbocycles. The van der Waals surface area contributed by atoms with Crippen LogP contribution in [0.15, 0.2) is 24.3 Å². The summed E-state index contributed by atoms with van der Waals surface area (Å²) in [5.74, 6) is 0.932. The van der Waals surface area contributed by atoms with Gasteiger partial charge in [-0.3, -0.25) is 0 Å². The molecule has 1 aromatic rings. The first-order chi connectivity index (χ1) is 8.13. The highest BCUT2D eigenvalue weighted by Crippen LogP contribution is 2.48. The van der Waals surface area contributed by atoms with E-state index in [9.17, 15) is 0 Å². The van der Waals surface area contributed by atoms with E-state index >= 15 is 0 Å². The summed E-state index contributed by atoms with van der Waals surface area (Å²) in [5, 5.41) is 3.49. The molecule has 3 nitrogen and oxygen atoms in total. The van der Waals surface area contributed by atoms with Gasteiger partial charge in [-0.15, -0.1) is 0 Å². The Morgan fingerprint density at radius 3 is 2.53 bits per heavy atom. The number of nitrogens with one attached hydrogen (secondary N) is 1. The molecule has 0 saturated heterocycles. The molecule has 0 aromatic heterocycles. The van der Waals surface area contributed by atoms with Crippen molar-refractivity contribution in [2.45, 2.75) is 24.4 Å². The van der Waals surface area contributed by atoms with Crippen LogP contribution in [0.2, 0.25) is 0 Å². The molecule has 0 bridgehead atoms. The minimum atomic E-state index is 0.246. The zero-order chi connectivity index (χ0) is 12.5. The minimum Gasteiger partial charge on any atom is -0.497 e. The molecule has 0 radical (unpaired) electrons. The van der Waals surface area contributed by atoms with E-state index in [1.807, 2.05) is 6.07 Å². The monoisotopic (exact) mass is 234 g/mol. The lowest BCUT2D eigenvalue weighted by atomic mass is 9.96. The topological polar surface area (TPSA) is 24.5 Å². The first-order valence-corrected chi connectivity index (χ1v) is 6.12. The van der Waals surface area contributed by atoms with Gasteiger partial charge in [-0.1, -0.05) is 12.1 Å². The molecule has 0 amide bonds. The minimum absolute atomic E-state index is 0.246. The summed E-state index contributed by atoms with van der Waals surface area (Å²) in [6.07, 6.45) is 2.48. The summed E-state index contributed by atoms with van der Waals surface area (Å²) in [6.45, 7) is 0. The summed E-state index contributed by atoms with van der Waals surface area (Å²) < 4.78 is 5.31. The number of ether oxygens (including phenoxy) is 1. The lowest BCUT2D eigenvalue weighted by Gasteiger charge is -2.33. The van der Waals surface area contributed by atoms with Crippen molar-refractivity contribution in [3.05, 3.63) is 29.8 Å². The Hall–Kier alpha value is -1.06. The SMILES string of the molecule is CNC1(C(c2cccc(OC)c2)N(C)C)CC1. The Labute approximate surface area is 104 Å². The molecule has 0 spiro atoms. The Morgan fingerprint density at radius 2 is 2.06 bits per heavy atom. The van der Waals surface area contributed by atoms with Gasteiger partial charge in [-0.25, -0.2) is 0 Å². The van der Waals surface area contributed by atoms with Gasteiger partial charge in [-0.05, 0) is 51.7 Å². The number of nitrogens with zero attached hydrogens (tertiary/aromatic N) is 1. The van der Waals surface area contributed by atoms with Crippen molar-refractivity contribution < 1.29 is 4.74 Å². The average Bonchev–Trinajstić information content (AvgIpc) is 3.10. The van der Waals surface area contributed by atoms with E-state index in [1.165, 1.54) is 18.4 Å². The van der Waals surface area contributed by atoms with Gasteiger partial charge in [0.2, 0.25) is 0 Å². The van der Waals surface area contributed by atoms with Gasteiger partial charge in [0.25, 0.3) is 0 Å². The number of rotatable bonds is 5. The lowest BCUT2D eigenvalue weighted by Crippen LogP contribution is -2.41. The van der Waals surface area contributed by atoms with Gasteiger partial charge in [0, 0.05) is 5.54 Å². The Kier molecular flexibility index (Phi) is 3.40. The van der Waals surface area contributed by atoms with Crippen molar-refractivity contribution >= 4 is 0 Å². The van der Waals surface area contributed by atoms with E-state index in [0.717, 1.165) is 5.75 Å². The fraction of sp³-hybridized carbons (Fsp3) is 0.571. The van der Waals surface area contributed by atoms with Gasteiger partial charge >= 0.3 is 0 Å². The number of methoxy groups -OCH3 is 1. The highest BCUT2D eigenvalue weighted by Gasteiger charge is 2.49. The lowest BCUT2D eigenvalue weighted by molar-refractivity contribution is 0.223. The second kappa shape index (κ2) is 4.67. The smallest absolute Gasteiger partial charge is 0.119 e. The van der Waals surface area contributed by atoms with E-state index in [2.05, 4.69) is 49.6 Å². The number of likely N-dealkylation sites (N-methyl/N-ethyl adjacent to an activating group) is 2. The van der Waals surface area contributed by atoms with Crippen LogP contribution in [0.4, 0.5) is 0 Å². The summed E-state index contributed by atoms with van der Waals surface area (Å²) >= 11 is 0. The molecule has 1 saturated carbocycles. The molecule has 1 aliphatic carbocycles. The number of hydrogen-bond acceptors (Lipinski definition) is 3. The average molecular weight is 234 g/mol. The molecule has 1 unspecified atom stereocenters. The van der Waals surface area contributed by atoms with Crippen molar-refractivity contribution in [1.82, 2.24) is 10.2 Å². The summed E-state index contributed by atoms with van der Waals surface area (Å²) in [4.78, 5) is 2.29. The van der Waals surface area contributed by atoms with Crippen molar-refractivity contribution in [3.8, 4) is 5.75 Å². The molecule has 0 heterocycles. The van der Waals surface area contributed by atoms with Gasteiger partial charge < -0.3 is 15.0 Å². The van der Waals surface area contributed by atoms with Crippen LogP contribution in [-0.2, 0) is 0 Å². The van der Waals surface area contributed by atoms with Crippen LogP contribution in [0.5, 0.6) is 5.75 Å². The second-order valence-corrected chi connectivity index (χ2v) is 5.05. The van der Waals surface area contributed by atoms with Crippen LogP contribution in [0.3, 0.4) is 0 Å². The van der Waals surface area contributed by atoms with Crippen LogP contribution in [-0.4, -0.2) is 38.7 Å². The van der Waals surface area contributed by atoms with Crippen molar-refractivity contribution in [2.24, 2.45) is 0 Å². The fourth-order valence-corrected chi connectivity index (χ4v) is 2.72. The first-order valence-electron chi connectivity index (χ1n) is 6.12. The zero-order valence-corrected chi connectivity index (χ0v) is 11.2. The molecule has 2 rings (SSSR count). The Bertz CT molecular complexity index is 386. The summed E-state index contributed by atoms with van der Waals surface area (Å²) in [5.41, 5.74) is 1.57. The largest absolute Gasteiger partial charge is 0.497 e. The molecule has 1 fully saturated rings. The molecule has 1 aliphatic rings. The maximum Gasteiger partial charge on any atom is 0.119 e. The van der Waals surface area contributed by atoms with Gasteiger partial charge in [-0.2, -0.15) is 0 Å². The van der Waals surface area contributed by atoms with Crippen LogP contribution < -0.4 is 10.1 Å². The molecular weight excluding hydrogens is 212 g/mol. The van der Waals surface area contributed by atoms with E-state index in [-0.39, 0.29) is 5.54 Å². The van der Waals surface area contributed by atoms with E-state index < -0.39 is 0 Å². The van der Waals surface area contributed by atoms with E-state index in [4.69, 9.17) is 4.74 Å². The highest BCUT2D eigenvalue weighted by atomic mass is 16.5. The Morgan fingerprint density at radius 1 is 1.35 bits per heavy atom. The standard InChI is InChI=1S/C14H22N2O/c1-15-14(8-9-14)13(16(2)3)11-6-5-7-12(10-11)17-4/h5-7,10,13,15H,8-9H2,1-4H3. The fourth-order valence-electron chi connectivity index (χ4n) is 2.72. The van der Waals surface area contributed by atoms with E-state index in [0.29, 0.717) is 6.04 Å². The summed E-state index contributed by atoms with van der Waals surface area (Å²) in [7, 11) is 8.06. The third kappa shape index (κ3) is 2.31. The van der Waals surface area contributed by atoms with Gasteiger partial charge in [0.15, 0.2) is 0 Å². The third-order valence-corrected chi connectivity index (χ3v) is 3.74. The highest BCUT2D eigenvalue weighted by molar-refractivity contribution is 5.34. The van der Waals surface area contributed by atoms with Crippen molar-refractivity contribution in [3.63, 3.8) is 0 Å². The molecule has 17 heavy (non-hydrogen) atoms. The Balaban J connectivity index is 2.33. The van der Waals surface area contributed by atoms with Crippen LogP contribution in [0.1, 0.15) is 24.4 Å². The molecule has 3 heteroatoms. The molecule has 94 valence electrons. The van der Waals surface area contributed by atoms with E-state index in [1.54, 1.807) is 7.11 Å². The van der Waals surface area contributed by atoms with Gasteiger partial charge in [0.05, 0.1) is 13.2 Å². The van der Waals surface area contributed by atoms with Crippen LogP contribution in [0.25, 0.3) is 0 Å². The zero-order valence-electron chi connectivity index (χ0n) is 11.2. The number of hydrogen-bond donors (Lipinski definition) is 1. The maximum atomic E-state index is 5.31. The van der Waals surface area contributed by atoms with Crippen molar-refractivity contribution in [1.29, 1.82) is 0 Å². The summed E-state index contributed by atoms with van der Waals surface area (Å²) in [6, 6.07) is 8.79. The van der Waals surface area contributed by atoms with Crippen LogP contribution >= 0.6 is 0 Å². The molecular formula is C14H22N2O. The van der Waals surface area contributed by atoms with Gasteiger partial charge in [0.1, 0.15) is 5.75 Å². The first kappa shape index (κ1) is 12.4. The predicted octanol–water partition coefficient (Wildman–Crippen LogP) is 2.05. The molecule has 1 N–H and O–H groups in total.